The van der Waals surface area contributed by atoms with Gasteiger partial charge in [-0.15, -0.1) is 0 Å². The fourth-order valence-corrected chi connectivity index (χ4v) is 4.09. The molecule has 0 atom stereocenters. The smallest absolute Gasteiger partial charge is 0.135 e. The zero-order valence-electron chi connectivity index (χ0n) is 20.5. The molecular weight excluding hydrogens is 416 g/mol. The Kier molecular flexibility index (Phi) is 7.46. The molecule has 0 saturated heterocycles. The third-order valence-corrected chi connectivity index (χ3v) is 5.99. The van der Waals surface area contributed by atoms with Gasteiger partial charge in [-0.1, -0.05) is 64.0 Å². The molecule has 0 bridgehead atoms. The van der Waals surface area contributed by atoms with Crippen LogP contribution in [0.3, 0.4) is 0 Å². The highest BCUT2D eigenvalue weighted by atomic mass is 16.5. The Hall–Kier alpha value is -4.00. The highest BCUT2D eigenvalue weighted by Gasteiger charge is 2.23. The van der Waals surface area contributed by atoms with Crippen LogP contribution in [-0.4, -0.2) is 0 Å². The summed E-state index contributed by atoms with van der Waals surface area (Å²) in [7, 11) is 0. The first-order chi connectivity index (χ1) is 16.2. The van der Waals surface area contributed by atoms with Gasteiger partial charge >= 0.3 is 0 Å². The van der Waals surface area contributed by atoms with Crippen molar-refractivity contribution in [2.24, 2.45) is 5.41 Å². The summed E-state index contributed by atoms with van der Waals surface area (Å²) in [4.78, 5) is 0. The summed E-state index contributed by atoms with van der Waals surface area (Å²) in [6, 6.07) is 8.62. The number of allylic oxidation sites excluding steroid dienone is 7. The minimum Gasteiger partial charge on any atom is -0.457 e. The van der Waals surface area contributed by atoms with Crippen molar-refractivity contribution in [1.29, 1.82) is 10.5 Å². The first kappa shape index (κ1) is 24.6. The molecule has 1 aliphatic carbocycles. The Morgan fingerprint density at radius 3 is 2.59 bits per heavy atom. The van der Waals surface area contributed by atoms with E-state index in [2.05, 4.69) is 49.3 Å². The lowest BCUT2D eigenvalue weighted by atomic mass is 9.80. The van der Waals surface area contributed by atoms with Crippen LogP contribution in [0.15, 0.2) is 77.1 Å². The summed E-state index contributed by atoms with van der Waals surface area (Å²) < 4.78 is 6.08. The average molecular weight is 447 g/mol. The van der Waals surface area contributed by atoms with Crippen molar-refractivity contribution in [2.45, 2.75) is 53.4 Å². The fraction of sp³-hybridized carbons (Fsp3) is 0.290. The molecular formula is C31H30N2O. The second-order valence-corrected chi connectivity index (χ2v) is 9.52. The SMILES string of the molecule is C=CC(=C(\C)C#N)/C(C#N)=C(/C=C/C1=Cc2cc3c(cc2OC1=C)C#CCCCC3)C(C)(C)C. The molecule has 170 valence electrons. The summed E-state index contributed by atoms with van der Waals surface area (Å²) in [6.45, 7) is 15.8. The quantitative estimate of drug-likeness (QED) is 0.273. The van der Waals surface area contributed by atoms with E-state index in [0.717, 1.165) is 53.7 Å². The summed E-state index contributed by atoms with van der Waals surface area (Å²) in [5.41, 5.74) is 6.05. The molecule has 1 aromatic rings. The Labute approximate surface area is 203 Å². The average Bonchev–Trinajstić information content (AvgIpc) is 2.77. The van der Waals surface area contributed by atoms with Crippen molar-refractivity contribution in [1.82, 2.24) is 0 Å². The molecule has 0 unspecified atom stereocenters. The lowest BCUT2D eigenvalue weighted by Crippen LogP contribution is -2.12. The van der Waals surface area contributed by atoms with E-state index < -0.39 is 0 Å². The highest BCUT2D eigenvalue weighted by molar-refractivity contribution is 5.72. The van der Waals surface area contributed by atoms with E-state index in [1.54, 1.807) is 13.0 Å². The third-order valence-electron chi connectivity index (χ3n) is 5.99. The lowest BCUT2D eigenvalue weighted by Gasteiger charge is -2.24. The normalized spacial score (nSPS) is 16.5. The fourth-order valence-electron chi connectivity index (χ4n) is 4.09. The molecule has 0 aromatic heterocycles. The van der Waals surface area contributed by atoms with Crippen LogP contribution < -0.4 is 4.74 Å². The molecule has 1 heterocycles. The first-order valence-electron chi connectivity index (χ1n) is 11.5. The molecule has 34 heavy (non-hydrogen) atoms. The summed E-state index contributed by atoms with van der Waals surface area (Å²) in [5.74, 6) is 7.83. The van der Waals surface area contributed by atoms with Crippen molar-refractivity contribution < 1.29 is 4.74 Å². The van der Waals surface area contributed by atoms with Crippen molar-refractivity contribution >= 4 is 6.08 Å². The molecule has 3 heteroatoms. The number of rotatable bonds is 4. The summed E-state index contributed by atoms with van der Waals surface area (Å²) in [5, 5.41) is 19.4. The van der Waals surface area contributed by atoms with Gasteiger partial charge in [0, 0.05) is 34.3 Å². The number of nitriles is 2. The van der Waals surface area contributed by atoms with E-state index in [-0.39, 0.29) is 5.41 Å². The van der Waals surface area contributed by atoms with Crippen LogP contribution in [0.5, 0.6) is 5.75 Å². The van der Waals surface area contributed by atoms with E-state index in [4.69, 9.17) is 4.74 Å². The standard InChI is InChI=1S/C31H30N2O/c1-7-27(21(2)19-32)28(20-33)29(31(4,5)6)15-14-23-16-26-17-24-12-10-8-9-11-13-25(24)18-30(26)34-22(23)3/h7,14-18H,1,3,8-10,12H2,2,4-6H3/b15-14+,27-21-,29-28-. The summed E-state index contributed by atoms with van der Waals surface area (Å²) in [6.07, 6.45) is 11.7. The van der Waals surface area contributed by atoms with Crippen molar-refractivity contribution in [3.05, 3.63) is 93.8 Å². The minimum atomic E-state index is -0.338. The minimum absolute atomic E-state index is 0.338. The van der Waals surface area contributed by atoms with Gasteiger partial charge in [0.25, 0.3) is 0 Å². The van der Waals surface area contributed by atoms with Crippen LogP contribution in [0, 0.1) is 39.9 Å². The topological polar surface area (TPSA) is 56.8 Å². The van der Waals surface area contributed by atoms with Gasteiger partial charge in [-0.25, -0.2) is 0 Å². The first-order valence-corrected chi connectivity index (χ1v) is 11.5. The van der Waals surface area contributed by atoms with Crippen molar-refractivity contribution in [2.75, 3.05) is 0 Å². The molecule has 0 saturated carbocycles. The van der Waals surface area contributed by atoms with Crippen molar-refractivity contribution in [3.8, 4) is 29.7 Å². The van der Waals surface area contributed by atoms with Gasteiger partial charge in [-0.2, -0.15) is 10.5 Å². The van der Waals surface area contributed by atoms with Gasteiger partial charge in [0.15, 0.2) is 0 Å². The second-order valence-electron chi connectivity index (χ2n) is 9.52. The largest absolute Gasteiger partial charge is 0.457 e. The van der Waals surface area contributed by atoms with E-state index in [9.17, 15) is 10.5 Å². The molecule has 0 amide bonds. The molecule has 3 rings (SSSR count). The molecule has 3 nitrogen and oxygen atoms in total. The number of hydrogen-bond donors (Lipinski definition) is 0. The molecule has 2 aliphatic rings. The van der Waals surface area contributed by atoms with Crippen LogP contribution in [0.2, 0.25) is 0 Å². The Morgan fingerprint density at radius 2 is 1.94 bits per heavy atom. The van der Waals surface area contributed by atoms with E-state index in [1.807, 2.05) is 39.0 Å². The monoisotopic (exact) mass is 446 g/mol. The van der Waals surface area contributed by atoms with Gasteiger partial charge in [-0.3, -0.25) is 0 Å². The van der Waals surface area contributed by atoms with Crippen LogP contribution >= 0.6 is 0 Å². The van der Waals surface area contributed by atoms with Gasteiger partial charge in [0.2, 0.25) is 0 Å². The molecule has 0 radical (unpaired) electrons. The number of aryl methyl sites for hydroxylation is 1. The zero-order valence-corrected chi connectivity index (χ0v) is 20.5. The van der Waals surface area contributed by atoms with Gasteiger partial charge in [-0.05, 0) is 60.9 Å². The van der Waals surface area contributed by atoms with E-state index in [1.165, 1.54) is 5.56 Å². The zero-order chi connectivity index (χ0) is 24.9. The summed E-state index contributed by atoms with van der Waals surface area (Å²) >= 11 is 0. The Bertz CT molecular complexity index is 1310. The molecule has 1 aliphatic heterocycles. The van der Waals surface area contributed by atoms with Gasteiger partial charge < -0.3 is 4.74 Å². The Morgan fingerprint density at radius 1 is 1.18 bits per heavy atom. The van der Waals surface area contributed by atoms with Gasteiger partial charge in [0.05, 0.1) is 11.6 Å². The van der Waals surface area contributed by atoms with E-state index >= 15 is 0 Å². The number of nitrogens with zero attached hydrogens (tertiary/aromatic N) is 2. The number of fused-ring (bicyclic) bond motifs is 2. The predicted octanol–water partition coefficient (Wildman–Crippen LogP) is 7.50. The predicted molar refractivity (Wildman–Crippen MR) is 138 cm³/mol. The maximum absolute atomic E-state index is 9.98. The maximum Gasteiger partial charge on any atom is 0.135 e. The molecule has 1 aromatic carbocycles. The number of hydrogen-bond acceptors (Lipinski definition) is 3. The molecule has 0 N–H and O–H groups in total. The molecule has 0 spiro atoms. The van der Waals surface area contributed by atoms with Crippen molar-refractivity contribution in [3.63, 3.8) is 0 Å². The van der Waals surface area contributed by atoms with Crippen LogP contribution in [-0.2, 0) is 6.42 Å². The number of ether oxygens (including phenoxy) is 1. The lowest BCUT2D eigenvalue weighted by molar-refractivity contribution is 0.436. The Balaban J connectivity index is 2.10. The molecule has 0 fully saturated rings. The third kappa shape index (κ3) is 5.31. The van der Waals surface area contributed by atoms with Crippen LogP contribution in [0.4, 0.5) is 0 Å². The number of benzene rings is 1. The van der Waals surface area contributed by atoms with E-state index in [0.29, 0.717) is 22.5 Å². The van der Waals surface area contributed by atoms with Gasteiger partial charge in [0.1, 0.15) is 17.6 Å². The van der Waals surface area contributed by atoms with Crippen LogP contribution in [0.25, 0.3) is 6.08 Å². The highest BCUT2D eigenvalue weighted by Crippen LogP contribution is 2.37. The maximum atomic E-state index is 9.98. The second kappa shape index (κ2) is 10.3. The van der Waals surface area contributed by atoms with Crippen LogP contribution in [0.1, 0.15) is 63.6 Å².